The summed E-state index contributed by atoms with van der Waals surface area (Å²) in [5.41, 5.74) is 48.7. The van der Waals surface area contributed by atoms with Crippen molar-refractivity contribution in [3.63, 3.8) is 0 Å². The van der Waals surface area contributed by atoms with Gasteiger partial charge in [-0.25, -0.2) is 4.79 Å². The third-order valence-corrected chi connectivity index (χ3v) is 7.50. The van der Waals surface area contributed by atoms with Crippen molar-refractivity contribution in [2.45, 2.75) is 94.4 Å². The van der Waals surface area contributed by atoms with E-state index < -0.39 is 84.6 Å². The highest BCUT2D eigenvalue weighted by Crippen LogP contribution is 2.06. The average molecular weight is 786 g/mol. The second-order valence-corrected chi connectivity index (χ2v) is 12.3. The maximum Gasteiger partial charge on any atom is 0.326 e. The van der Waals surface area contributed by atoms with Gasteiger partial charge in [-0.05, 0) is 64.3 Å². The Labute approximate surface area is 318 Å². The minimum atomic E-state index is -1.61. The standard InChI is InChI=1S/C30H59N17O8/c31-10-2-1-7-18(25(52)47-20(14-21(33)48)26(53)46-19(27(54)55)9-5-13-42-30(38)39)44-22(49)15-43-24(51)17(8-4-12-41-29(36)37)45-23(50)16(32)6-3-11-40-28(34)35/h16-20H,1-15,31-32H2,(H2,33,48)(H,43,51)(H,44,49)(H,45,50)(H,46,53)(H,47,52)(H,54,55)(H4,34,35,40)(H4,36,37,41)(H4,38,39,42)/t16-,17-,18-,19-,20-/m0/s1. The summed E-state index contributed by atoms with van der Waals surface area (Å²) in [5, 5.41) is 21.6. The van der Waals surface area contributed by atoms with E-state index >= 15 is 0 Å². The SMILES string of the molecule is NCCCC[C@H](NC(=O)CNC(=O)[C@H](CCCN=C(N)N)NC(=O)[C@@H](N)CCCN=C(N)N)C(=O)N[C@@H](CC(N)=O)C(=O)N[C@@H](CCCN=C(N)N)C(=O)O. The van der Waals surface area contributed by atoms with Crippen molar-refractivity contribution in [2.75, 3.05) is 32.7 Å². The molecule has 0 heterocycles. The van der Waals surface area contributed by atoms with Crippen LogP contribution in [-0.4, -0.2) is 127 Å². The Bertz CT molecular complexity index is 1360. The van der Waals surface area contributed by atoms with Crippen LogP contribution in [0, 0.1) is 0 Å². The number of primary amides is 1. The van der Waals surface area contributed by atoms with E-state index in [4.69, 9.17) is 51.6 Å². The molecule has 0 bridgehead atoms. The maximum absolute atomic E-state index is 13.4. The molecule has 0 rings (SSSR count). The lowest BCUT2D eigenvalue weighted by molar-refractivity contribution is -0.142. The third kappa shape index (κ3) is 24.1. The van der Waals surface area contributed by atoms with E-state index in [1.54, 1.807) is 0 Å². The number of carbonyl (C=O) groups excluding carboxylic acids is 6. The van der Waals surface area contributed by atoms with Crippen molar-refractivity contribution in [2.24, 2.45) is 66.6 Å². The Balaban J connectivity index is 5.75. The van der Waals surface area contributed by atoms with E-state index in [-0.39, 0.29) is 82.6 Å². The van der Waals surface area contributed by atoms with E-state index in [1.807, 2.05) is 0 Å². The number of hydrogen-bond donors (Lipinski definition) is 15. The van der Waals surface area contributed by atoms with Crippen LogP contribution in [0.2, 0.25) is 0 Å². The fourth-order valence-corrected chi connectivity index (χ4v) is 4.72. The number of nitrogens with one attached hydrogen (secondary N) is 5. The fraction of sp³-hybridized carbons (Fsp3) is 0.667. The summed E-state index contributed by atoms with van der Waals surface area (Å²) in [6.45, 7) is 0.0767. The molecule has 0 radical (unpaired) electrons. The highest BCUT2D eigenvalue weighted by molar-refractivity contribution is 5.96. The van der Waals surface area contributed by atoms with E-state index in [1.165, 1.54) is 0 Å². The van der Waals surface area contributed by atoms with Crippen molar-refractivity contribution in [3.05, 3.63) is 0 Å². The zero-order valence-electron chi connectivity index (χ0n) is 30.8. The number of nitrogens with zero attached hydrogens (tertiary/aromatic N) is 3. The second kappa shape index (κ2) is 27.6. The monoisotopic (exact) mass is 785 g/mol. The van der Waals surface area contributed by atoms with E-state index in [2.05, 4.69) is 41.6 Å². The first-order valence-electron chi connectivity index (χ1n) is 17.5. The van der Waals surface area contributed by atoms with Gasteiger partial charge in [0.15, 0.2) is 17.9 Å². The molecule has 6 amide bonds. The van der Waals surface area contributed by atoms with Crippen LogP contribution in [0.1, 0.15) is 64.2 Å². The van der Waals surface area contributed by atoms with Gasteiger partial charge in [0.25, 0.3) is 0 Å². The van der Waals surface area contributed by atoms with Gasteiger partial charge in [0, 0.05) is 19.6 Å². The first-order valence-corrected chi connectivity index (χ1v) is 17.5. The number of hydrogen-bond acceptors (Lipinski definition) is 12. The van der Waals surface area contributed by atoms with Crippen LogP contribution in [-0.2, 0) is 33.6 Å². The summed E-state index contributed by atoms with van der Waals surface area (Å²) in [4.78, 5) is 100. The molecule has 0 aromatic rings. The summed E-state index contributed by atoms with van der Waals surface area (Å²) >= 11 is 0. The summed E-state index contributed by atoms with van der Waals surface area (Å²) in [6.07, 6.45) is 1.12. The van der Waals surface area contributed by atoms with Crippen LogP contribution in [0.25, 0.3) is 0 Å². The molecule has 25 nitrogen and oxygen atoms in total. The maximum atomic E-state index is 13.4. The highest BCUT2D eigenvalue weighted by atomic mass is 16.4. The molecule has 55 heavy (non-hydrogen) atoms. The van der Waals surface area contributed by atoms with Crippen molar-refractivity contribution >= 4 is 59.3 Å². The van der Waals surface area contributed by atoms with Gasteiger partial charge in [-0.1, -0.05) is 0 Å². The van der Waals surface area contributed by atoms with E-state index in [0.29, 0.717) is 19.3 Å². The number of nitrogens with two attached hydrogens (primary N) is 9. The molecule has 0 aromatic heterocycles. The molecule has 0 aliphatic heterocycles. The molecule has 24 N–H and O–H groups in total. The first-order chi connectivity index (χ1) is 25.9. The third-order valence-electron chi connectivity index (χ3n) is 7.50. The molecule has 0 aliphatic rings. The normalized spacial score (nSPS) is 13.3. The minimum absolute atomic E-state index is 0.0285. The van der Waals surface area contributed by atoms with Gasteiger partial charge >= 0.3 is 5.97 Å². The number of carbonyl (C=O) groups is 7. The Kier molecular flexibility index (Phi) is 24.6. The lowest BCUT2D eigenvalue weighted by atomic mass is 10.1. The molecular weight excluding hydrogens is 726 g/mol. The smallest absolute Gasteiger partial charge is 0.326 e. The summed E-state index contributed by atoms with van der Waals surface area (Å²) in [6, 6.07) is -6.49. The number of unbranched alkanes of at least 4 members (excludes halogenated alkanes) is 1. The van der Waals surface area contributed by atoms with Gasteiger partial charge in [-0.3, -0.25) is 43.7 Å². The average Bonchev–Trinajstić information content (AvgIpc) is 3.09. The molecule has 312 valence electrons. The molecule has 0 saturated heterocycles. The second-order valence-electron chi connectivity index (χ2n) is 12.3. The molecule has 25 heteroatoms. The predicted molar refractivity (Wildman–Crippen MR) is 203 cm³/mol. The van der Waals surface area contributed by atoms with Gasteiger partial charge in [0.2, 0.25) is 35.4 Å². The number of guanidine groups is 3. The van der Waals surface area contributed by atoms with Crippen molar-refractivity contribution in [1.82, 2.24) is 26.6 Å². The number of carboxylic acids is 1. The van der Waals surface area contributed by atoms with Crippen LogP contribution < -0.4 is 78.2 Å². The van der Waals surface area contributed by atoms with Crippen LogP contribution in [0.4, 0.5) is 0 Å². The summed E-state index contributed by atoms with van der Waals surface area (Å²) in [7, 11) is 0. The molecule has 0 aromatic carbocycles. The Morgan fingerprint density at radius 1 is 0.527 bits per heavy atom. The van der Waals surface area contributed by atoms with Crippen molar-refractivity contribution < 1.29 is 38.7 Å². The van der Waals surface area contributed by atoms with E-state index in [0.717, 1.165) is 0 Å². The molecule has 0 saturated carbocycles. The highest BCUT2D eigenvalue weighted by Gasteiger charge is 2.31. The number of aliphatic carboxylic acids is 1. The number of rotatable bonds is 29. The van der Waals surface area contributed by atoms with Gasteiger partial charge in [-0.2, -0.15) is 0 Å². The molecule has 5 atom stereocenters. The van der Waals surface area contributed by atoms with Crippen molar-refractivity contribution in [3.8, 4) is 0 Å². The predicted octanol–water partition coefficient (Wildman–Crippen LogP) is -7.38. The molecule has 0 aliphatic carbocycles. The molecule has 0 spiro atoms. The lowest BCUT2D eigenvalue weighted by Gasteiger charge is -2.24. The summed E-state index contributed by atoms with van der Waals surface area (Å²) < 4.78 is 0. The van der Waals surface area contributed by atoms with Gasteiger partial charge < -0.3 is 83.3 Å². The van der Waals surface area contributed by atoms with Crippen molar-refractivity contribution in [1.29, 1.82) is 0 Å². The Morgan fingerprint density at radius 2 is 0.964 bits per heavy atom. The number of carboxylic acid groups (broad SMARTS) is 1. The Morgan fingerprint density at radius 3 is 1.45 bits per heavy atom. The lowest BCUT2D eigenvalue weighted by Crippen LogP contribution is -2.57. The van der Waals surface area contributed by atoms with E-state index in [9.17, 15) is 38.7 Å². The topological polar surface area (TPSA) is 471 Å². The van der Waals surface area contributed by atoms with Crippen LogP contribution in [0.3, 0.4) is 0 Å². The molecule has 0 unspecified atom stereocenters. The van der Waals surface area contributed by atoms with Crippen LogP contribution in [0.15, 0.2) is 15.0 Å². The molecule has 0 fully saturated rings. The summed E-state index contributed by atoms with van der Waals surface area (Å²) in [5.74, 6) is -7.03. The zero-order chi connectivity index (χ0) is 41.9. The van der Waals surface area contributed by atoms with Gasteiger partial charge in [-0.15, -0.1) is 0 Å². The van der Waals surface area contributed by atoms with Crippen LogP contribution in [0.5, 0.6) is 0 Å². The number of aliphatic imine (C=N–C) groups is 3. The largest absolute Gasteiger partial charge is 0.480 e. The van der Waals surface area contributed by atoms with Gasteiger partial charge in [0.05, 0.1) is 19.0 Å². The minimum Gasteiger partial charge on any atom is -0.480 e. The van der Waals surface area contributed by atoms with Crippen LogP contribution >= 0.6 is 0 Å². The molecular formula is C30H59N17O8. The Hall–Kier alpha value is -5.98. The quantitative estimate of drug-likeness (QED) is 0.0190. The van der Waals surface area contributed by atoms with Gasteiger partial charge in [0.1, 0.15) is 24.2 Å². The first kappa shape index (κ1) is 49.0. The number of amides is 6. The zero-order valence-corrected chi connectivity index (χ0v) is 30.8. The fourth-order valence-electron chi connectivity index (χ4n) is 4.72.